The molecule has 4 aromatic rings. The van der Waals surface area contributed by atoms with Gasteiger partial charge in [-0.05, 0) is 61.4 Å². The maximum atomic E-state index is 12.7. The van der Waals surface area contributed by atoms with Crippen molar-refractivity contribution in [3.63, 3.8) is 0 Å². The molecule has 2 amide bonds. The van der Waals surface area contributed by atoms with E-state index in [-0.39, 0.29) is 17.7 Å². The van der Waals surface area contributed by atoms with Crippen molar-refractivity contribution in [3.8, 4) is 5.69 Å². The second-order valence-corrected chi connectivity index (χ2v) is 7.68. The Kier molecular flexibility index (Phi) is 5.00. The third-order valence-electron chi connectivity index (χ3n) is 5.75. The van der Waals surface area contributed by atoms with Crippen molar-refractivity contribution in [2.24, 2.45) is 5.92 Å². The minimum atomic E-state index is -0.119. The average molecular weight is 414 g/mol. The number of imidazole rings is 1. The van der Waals surface area contributed by atoms with Crippen LogP contribution in [-0.4, -0.2) is 39.4 Å². The first-order chi connectivity index (χ1) is 15.2. The number of furan rings is 1. The minimum absolute atomic E-state index is 0.00840. The lowest BCUT2D eigenvalue weighted by Gasteiger charge is -2.30. The van der Waals surface area contributed by atoms with Crippen LogP contribution in [0.5, 0.6) is 0 Å². The molecule has 1 fully saturated rings. The summed E-state index contributed by atoms with van der Waals surface area (Å²) in [7, 11) is 0. The van der Waals surface area contributed by atoms with Crippen LogP contribution in [0.3, 0.4) is 0 Å². The Bertz CT molecular complexity index is 1200. The molecule has 3 heterocycles. The lowest BCUT2D eigenvalue weighted by Crippen LogP contribution is -2.41. The van der Waals surface area contributed by atoms with E-state index in [1.807, 2.05) is 53.1 Å². The lowest BCUT2D eigenvalue weighted by atomic mass is 9.95. The lowest BCUT2D eigenvalue weighted by molar-refractivity contribution is -0.121. The van der Waals surface area contributed by atoms with Gasteiger partial charge in [0.15, 0.2) is 5.76 Å². The van der Waals surface area contributed by atoms with Gasteiger partial charge < -0.3 is 14.6 Å². The average Bonchev–Trinajstić information content (AvgIpc) is 3.50. The van der Waals surface area contributed by atoms with Gasteiger partial charge in [-0.15, -0.1) is 0 Å². The van der Waals surface area contributed by atoms with E-state index in [0.717, 1.165) is 22.4 Å². The van der Waals surface area contributed by atoms with Gasteiger partial charge in [0.2, 0.25) is 5.91 Å². The molecular weight excluding hydrogens is 392 g/mol. The van der Waals surface area contributed by atoms with Gasteiger partial charge in [-0.25, -0.2) is 4.98 Å². The Balaban J connectivity index is 1.20. The van der Waals surface area contributed by atoms with Crippen molar-refractivity contribution in [1.29, 1.82) is 0 Å². The van der Waals surface area contributed by atoms with Crippen molar-refractivity contribution < 1.29 is 14.0 Å². The van der Waals surface area contributed by atoms with E-state index in [0.29, 0.717) is 31.7 Å². The zero-order chi connectivity index (χ0) is 21.2. The number of carbonyl (C=O) groups excluding carboxylic acids is 2. The fourth-order valence-electron chi connectivity index (χ4n) is 4.02. The van der Waals surface area contributed by atoms with Gasteiger partial charge in [-0.3, -0.25) is 14.2 Å². The summed E-state index contributed by atoms with van der Waals surface area (Å²) in [6, 6.07) is 19.1. The van der Waals surface area contributed by atoms with Crippen LogP contribution in [-0.2, 0) is 4.79 Å². The van der Waals surface area contributed by atoms with Crippen LogP contribution < -0.4 is 5.32 Å². The molecule has 7 heteroatoms. The molecule has 0 aliphatic carbocycles. The molecule has 7 nitrogen and oxygen atoms in total. The maximum absolute atomic E-state index is 12.7. The highest BCUT2D eigenvalue weighted by Crippen LogP contribution is 2.23. The molecule has 0 saturated carbocycles. The zero-order valence-electron chi connectivity index (χ0n) is 16.9. The Morgan fingerprint density at radius 3 is 2.48 bits per heavy atom. The number of para-hydroxylation sites is 2. The van der Waals surface area contributed by atoms with Gasteiger partial charge in [0.05, 0.1) is 17.3 Å². The molecule has 0 atom stereocenters. The molecule has 31 heavy (non-hydrogen) atoms. The van der Waals surface area contributed by atoms with Crippen molar-refractivity contribution >= 4 is 28.5 Å². The van der Waals surface area contributed by atoms with Gasteiger partial charge >= 0.3 is 0 Å². The first kappa shape index (κ1) is 19.1. The molecular formula is C24H22N4O3. The Hall–Kier alpha value is -3.87. The first-order valence-electron chi connectivity index (χ1n) is 10.4. The summed E-state index contributed by atoms with van der Waals surface area (Å²) in [4.78, 5) is 31.2. The van der Waals surface area contributed by atoms with Crippen molar-refractivity contribution in [2.75, 3.05) is 18.4 Å². The van der Waals surface area contributed by atoms with E-state index in [1.165, 1.54) is 6.26 Å². The standard InChI is InChI=1S/C24H22N4O3/c29-23(17-11-13-27(14-12-17)24(30)22-6-3-15-31-22)26-18-7-9-19(10-8-18)28-16-25-20-4-1-2-5-21(20)28/h1-10,15-17H,11-14H2,(H,26,29). The highest BCUT2D eigenvalue weighted by atomic mass is 16.3. The number of fused-ring (bicyclic) bond motifs is 1. The predicted octanol–water partition coefficient (Wildman–Crippen LogP) is 4.11. The second kappa shape index (κ2) is 8.10. The summed E-state index contributed by atoms with van der Waals surface area (Å²) in [6.45, 7) is 1.09. The number of carbonyl (C=O) groups is 2. The van der Waals surface area contributed by atoms with Gasteiger partial charge in [0.1, 0.15) is 6.33 Å². The van der Waals surface area contributed by atoms with E-state index < -0.39 is 0 Å². The summed E-state index contributed by atoms with van der Waals surface area (Å²) in [5, 5.41) is 3.01. The number of amides is 2. The third kappa shape index (κ3) is 3.82. The number of rotatable bonds is 4. The molecule has 2 aromatic heterocycles. The molecule has 0 bridgehead atoms. The highest BCUT2D eigenvalue weighted by Gasteiger charge is 2.28. The normalized spacial score (nSPS) is 14.6. The maximum Gasteiger partial charge on any atom is 0.289 e. The Morgan fingerprint density at radius 1 is 0.968 bits per heavy atom. The van der Waals surface area contributed by atoms with Gasteiger partial charge in [-0.2, -0.15) is 0 Å². The Labute approximate surface area is 179 Å². The zero-order valence-corrected chi connectivity index (χ0v) is 16.9. The molecule has 5 rings (SSSR count). The molecule has 156 valence electrons. The number of benzene rings is 2. The van der Waals surface area contributed by atoms with Crippen LogP contribution in [0.2, 0.25) is 0 Å². The van der Waals surface area contributed by atoms with Gasteiger partial charge in [0, 0.05) is 30.4 Å². The summed E-state index contributed by atoms with van der Waals surface area (Å²) in [5.41, 5.74) is 3.72. The highest BCUT2D eigenvalue weighted by molar-refractivity contribution is 5.94. The van der Waals surface area contributed by atoms with Crippen molar-refractivity contribution in [1.82, 2.24) is 14.5 Å². The van der Waals surface area contributed by atoms with Gasteiger partial charge in [-0.1, -0.05) is 12.1 Å². The van der Waals surface area contributed by atoms with E-state index >= 15 is 0 Å². The Morgan fingerprint density at radius 2 is 1.74 bits per heavy atom. The summed E-state index contributed by atoms with van der Waals surface area (Å²) in [5.74, 6) is 0.101. The smallest absolute Gasteiger partial charge is 0.289 e. The third-order valence-corrected chi connectivity index (χ3v) is 5.75. The number of nitrogens with zero attached hydrogens (tertiary/aromatic N) is 3. The minimum Gasteiger partial charge on any atom is -0.459 e. The number of anilines is 1. The number of aromatic nitrogens is 2. The SMILES string of the molecule is O=C(Nc1ccc(-n2cnc3ccccc32)cc1)C1CCN(C(=O)c2ccco2)CC1. The molecule has 0 unspecified atom stereocenters. The van der Waals surface area contributed by atoms with E-state index in [4.69, 9.17) is 4.42 Å². The van der Waals surface area contributed by atoms with E-state index in [2.05, 4.69) is 10.3 Å². The molecule has 0 spiro atoms. The van der Waals surface area contributed by atoms with Crippen molar-refractivity contribution in [3.05, 3.63) is 79.0 Å². The molecule has 1 aliphatic heterocycles. The monoisotopic (exact) mass is 414 g/mol. The number of hydrogen-bond donors (Lipinski definition) is 1. The van der Waals surface area contributed by atoms with Crippen LogP contribution in [0.25, 0.3) is 16.7 Å². The number of nitrogens with one attached hydrogen (secondary N) is 1. The predicted molar refractivity (Wildman–Crippen MR) is 117 cm³/mol. The summed E-state index contributed by atoms with van der Waals surface area (Å²) >= 11 is 0. The topological polar surface area (TPSA) is 80.4 Å². The summed E-state index contributed by atoms with van der Waals surface area (Å²) in [6.07, 6.45) is 4.57. The van der Waals surface area contributed by atoms with Gasteiger partial charge in [0.25, 0.3) is 5.91 Å². The largest absolute Gasteiger partial charge is 0.459 e. The van der Waals surface area contributed by atoms with Crippen LogP contribution in [0.1, 0.15) is 23.4 Å². The molecule has 1 aliphatic rings. The molecule has 1 saturated heterocycles. The fraction of sp³-hybridized carbons (Fsp3) is 0.208. The van der Waals surface area contributed by atoms with E-state index in [1.54, 1.807) is 23.4 Å². The number of piperidine rings is 1. The molecule has 2 aromatic carbocycles. The summed E-state index contributed by atoms with van der Waals surface area (Å²) < 4.78 is 7.21. The second-order valence-electron chi connectivity index (χ2n) is 7.68. The fourth-order valence-corrected chi connectivity index (χ4v) is 4.02. The number of likely N-dealkylation sites (tertiary alicyclic amines) is 1. The molecule has 0 radical (unpaired) electrons. The quantitative estimate of drug-likeness (QED) is 0.545. The van der Waals surface area contributed by atoms with Crippen LogP contribution in [0, 0.1) is 5.92 Å². The van der Waals surface area contributed by atoms with Crippen LogP contribution >= 0.6 is 0 Å². The molecule has 1 N–H and O–H groups in total. The van der Waals surface area contributed by atoms with Crippen LogP contribution in [0.15, 0.2) is 77.7 Å². The van der Waals surface area contributed by atoms with E-state index in [9.17, 15) is 9.59 Å². The number of hydrogen-bond acceptors (Lipinski definition) is 4. The first-order valence-corrected chi connectivity index (χ1v) is 10.4. The van der Waals surface area contributed by atoms with Crippen molar-refractivity contribution in [2.45, 2.75) is 12.8 Å². The van der Waals surface area contributed by atoms with Crippen LogP contribution in [0.4, 0.5) is 5.69 Å².